The van der Waals surface area contributed by atoms with Crippen LogP contribution in [0.15, 0.2) is 42.2 Å². The van der Waals surface area contributed by atoms with Crippen molar-refractivity contribution in [1.82, 2.24) is 0 Å². The number of carbonyl (C=O) groups is 2. The number of esters is 1. The molecule has 6 heteroatoms. The van der Waals surface area contributed by atoms with Gasteiger partial charge in [-0.3, -0.25) is 4.79 Å². The molecule has 0 N–H and O–H groups in total. The zero-order valence-electron chi connectivity index (χ0n) is 16.3. The van der Waals surface area contributed by atoms with E-state index in [4.69, 9.17) is 18.9 Å². The molecule has 2 aromatic rings. The molecule has 1 aliphatic rings. The van der Waals surface area contributed by atoms with Crippen LogP contribution < -0.4 is 14.2 Å². The van der Waals surface area contributed by atoms with E-state index in [0.717, 1.165) is 11.3 Å². The van der Waals surface area contributed by atoms with Crippen LogP contribution in [0.2, 0.25) is 0 Å². The topological polar surface area (TPSA) is 71.1 Å². The molecule has 0 bridgehead atoms. The molecule has 1 heterocycles. The minimum atomic E-state index is -0.453. The monoisotopic (exact) mass is 382 g/mol. The van der Waals surface area contributed by atoms with E-state index < -0.39 is 5.97 Å². The Morgan fingerprint density at radius 2 is 1.86 bits per heavy atom. The SMILES string of the molecule is COc1ccc(/C=C2\Oc3cc(OCC(=O)OC(C)C)cc(C)c3C2=O)cc1. The van der Waals surface area contributed by atoms with Crippen LogP contribution in [0.3, 0.4) is 0 Å². The second-order valence-electron chi connectivity index (χ2n) is 6.65. The maximum Gasteiger partial charge on any atom is 0.344 e. The van der Waals surface area contributed by atoms with Crippen molar-refractivity contribution in [3.8, 4) is 17.2 Å². The van der Waals surface area contributed by atoms with Gasteiger partial charge < -0.3 is 18.9 Å². The van der Waals surface area contributed by atoms with Crippen LogP contribution >= 0.6 is 0 Å². The van der Waals surface area contributed by atoms with Crippen LogP contribution in [-0.4, -0.2) is 31.6 Å². The quantitative estimate of drug-likeness (QED) is 0.556. The van der Waals surface area contributed by atoms with Crippen LogP contribution in [0.5, 0.6) is 17.2 Å². The molecule has 0 aliphatic carbocycles. The Morgan fingerprint density at radius 1 is 1.14 bits per heavy atom. The van der Waals surface area contributed by atoms with E-state index in [0.29, 0.717) is 22.6 Å². The van der Waals surface area contributed by atoms with Crippen LogP contribution in [0.25, 0.3) is 6.08 Å². The maximum absolute atomic E-state index is 12.7. The molecule has 0 spiro atoms. The highest BCUT2D eigenvalue weighted by Gasteiger charge is 2.30. The number of ether oxygens (including phenoxy) is 4. The number of ketones is 1. The molecule has 28 heavy (non-hydrogen) atoms. The van der Waals surface area contributed by atoms with Gasteiger partial charge >= 0.3 is 5.97 Å². The Labute approximate surface area is 163 Å². The van der Waals surface area contributed by atoms with Gasteiger partial charge in [-0.15, -0.1) is 0 Å². The molecule has 0 aromatic heterocycles. The van der Waals surface area contributed by atoms with Gasteiger partial charge in [-0.2, -0.15) is 0 Å². The van der Waals surface area contributed by atoms with E-state index in [2.05, 4.69) is 0 Å². The van der Waals surface area contributed by atoms with Crippen LogP contribution in [0.1, 0.15) is 35.3 Å². The summed E-state index contributed by atoms with van der Waals surface area (Å²) in [5.74, 6) is 1.18. The number of Topliss-reactive ketones (excluding diaryl/α,β-unsaturated/α-hetero) is 1. The molecule has 0 amide bonds. The summed E-state index contributed by atoms with van der Waals surface area (Å²) >= 11 is 0. The molecule has 2 aromatic carbocycles. The number of benzene rings is 2. The molecule has 0 fully saturated rings. The summed E-state index contributed by atoms with van der Waals surface area (Å²) in [7, 11) is 1.60. The van der Waals surface area contributed by atoms with Gasteiger partial charge in [0.25, 0.3) is 0 Å². The molecule has 1 aliphatic heterocycles. The van der Waals surface area contributed by atoms with E-state index in [9.17, 15) is 9.59 Å². The summed E-state index contributed by atoms with van der Waals surface area (Å²) in [6.07, 6.45) is 1.48. The van der Waals surface area contributed by atoms with Crippen molar-refractivity contribution in [2.24, 2.45) is 0 Å². The van der Waals surface area contributed by atoms with Crippen molar-refractivity contribution >= 4 is 17.8 Å². The summed E-state index contributed by atoms with van der Waals surface area (Å²) in [5.41, 5.74) is 2.03. The van der Waals surface area contributed by atoms with Gasteiger partial charge in [-0.1, -0.05) is 12.1 Å². The highest BCUT2D eigenvalue weighted by Crippen LogP contribution is 2.37. The van der Waals surface area contributed by atoms with Crippen LogP contribution in [0, 0.1) is 6.92 Å². The predicted molar refractivity (Wildman–Crippen MR) is 104 cm³/mol. The van der Waals surface area contributed by atoms with E-state index >= 15 is 0 Å². The predicted octanol–water partition coefficient (Wildman–Crippen LogP) is 3.95. The van der Waals surface area contributed by atoms with Gasteiger partial charge in [0.1, 0.15) is 17.2 Å². The molecule has 0 saturated heterocycles. The molecule has 0 radical (unpaired) electrons. The molecule has 0 atom stereocenters. The fraction of sp³-hybridized carbons (Fsp3) is 0.273. The summed E-state index contributed by atoms with van der Waals surface area (Å²) in [4.78, 5) is 24.4. The normalized spacial score (nSPS) is 14.0. The molecule has 0 saturated carbocycles. The van der Waals surface area contributed by atoms with Gasteiger partial charge in [0, 0.05) is 6.07 Å². The summed E-state index contributed by atoms with van der Waals surface area (Å²) < 4.78 is 21.4. The van der Waals surface area contributed by atoms with Crippen molar-refractivity contribution < 1.29 is 28.5 Å². The van der Waals surface area contributed by atoms with Gasteiger partial charge in [0.05, 0.1) is 18.8 Å². The molecular weight excluding hydrogens is 360 g/mol. The molecular formula is C22H22O6. The lowest BCUT2D eigenvalue weighted by molar-refractivity contribution is -0.149. The van der Waals surface area contributed by atoms with E-state index in [1.807, 2.05) is 24.3 Å². The average molecular weight is 382 g/mol. The second-order valence-corrected chi connectivity index (χ2v) is 6.65. The fourth-order valence-corrected chi connectivity index (χ4v) is 2.85. The van der Waals surface area contributed by atoms with Crippen molar-refractivity contribution in [2.75, 3.05) is 13.7 Å². The van der Waals surface area contributed by atoms with Crippen LogP contribution in [0.4, 0.5) is 0 Å². The van der Waals surface area contributed by atoms with Crippen LogP contribution in [-0.2, 0) is 9.53 Å². The van der Waals surface area contributed by atoms with Crippen molar-refractivity contribution in [1.29, 1.82) is 0 Å². The Bertz CT molecular complexity index is 925. The number of fused-ring (bicyclic) bond motifs is 1. The summed E-state index contributed by atoms with van der Waals surface area (Å²) in [6, 6.07) is 10.6. The Kier molecular flexibility index (Phi) is 5.68. The second kappa shape index (κ2) is 8.17. The Balaban J connectivity index is 1.77. The highest BCUT2D eigenvalue weighted by molar-refractivity contribution is 6.15. The lowest BCUT2D eigenvalue weighted by atomic mass is 10.0. The van der Waals surface area contributed by atoms with Gasteiger partial charge in [0.2, 0.25) is 5.78 Å². The third kappa shape index (κ3) is 4.34. The number of allylic oxidation sites excluding steroid dienone is 1. The van der Waals surface area contributed by atoms with Crippen molar-refractivity contribution in [3.05, 3.63) is 58.8 Å². The Hall–Kier alpha value is -3.28. The third-order valence-corrected chi connectivity index (χ3v) is 4.08. The standard InChI is InChI=1S/C22H22O6/c1-13(2)27-20(23)12-26-17-9-14(3)21-18(11-17)28-19(22(21)24)10-15-5-7-16(25-4)8-6-15/h5-11,13H,12H2,1-4H3/b19-10-. The number of aryl methyl sites for hydroxylation is 1. The first-order valence-corrected chi connectivity index (χ1v) is 8.92. The smallest absolute Gasteiger partial charge is 0.344 e. The number of hydrogen-bond donors (Lipinski definition) is 0. The first-order chi connectivity index (χ1) is 13.4. The van der Waals surface area contributed by atoms with E-state index in [1.165, 1.54) is 0 Å². The summed E-state index contributed by atoms with van der Waals surface area (Å²) in [6.45, 7) is 5.13. The zero-order valence-corrected chi connectivity index (χ0v) is 16.3. The van der Waals surface area contributed by atoms with Gasteiger partial charge in [-0.25, -0.2) is 4.79 Å². The zero-order chi connectivity index (χ0) is 20.3. The maximum atomic E-state index is 12.7. The highest BCUT2D eigenvalue weighted by atomic mass is 16.6. The van der Waals surface area contributed by atoms with E-state index in [1.54, 1.807) is 46.1 Å². The third-order valence-electron chi connectivity index (χ3n) is 4.08. The largest absolute Gasteiger partial charge is 0.497 e. The van der Waals surface area contributed by atoms with Crippen molar-refractivity contribution in [3.63, 3.8) is 0 Å². The van der Waals surface area contributed by atoms with E-state index in [-0.39, 0.29) is 24.3 Å². The first-order valence-electron chi connectivity index (χ1n) is 8.92. The molecule has 6 nitrogen and oxygen atoms in total. The average Bonchev–Trinajstić information content (AvgIpc) is 2.96. The fourth-order valence-electron chi connectivity index (χ4n) is 2.85. The van der Waals surface area contributed by atoms with Gasteiger partial charge in [-0.05, 0) is 56.2 Å². The summed E-state index contributed by atoms with van der Waals surface area (Å²) in [5, 5.41) is 0. The number of rotatable bonds is 6. The minimum Gasteiger partial charge on any atom is -0.497 e. The number of methoxy groups -OCH3 is 1. The number of carbonyl (C=O) groups excluding carboxylic acids is 2. The molecule has 0 unspecified atom stereocenters. The lowest BCUT2D eigenvalue weighted by Crippen LogP contribution is -2.18. The minimum absolute atomic E-state index is 0.186. The van der Waals surface area contributed by atoms with Gasteiger partial charge in [0.15, 0.2) is 12.4 Å². The molecule has 3 rings (SSSR count). The first kappa shape index (κ1) is 19.5. The van der Waals surface area contributed by atoms with Crippen molar-refractivity contribution in [2.45, 2.75) is 26.9 Å². The number of hydrogen-bond acceptors (Lipinski definition) is 6. The molecule has 146 valence electrons. The lowest BCUT2D eigenvalue weighted by Gasteiger charge is -2.10. The Morgan fingerprint density at radius 3 is 2.50 bits per heavy atom.